The van der Waals surface area contributed by atoms with Gasteiger partial charge in [0.05, 0.1) is 31.3 Å². The minimum Gasteiger partial charge on any atom is -0.394 e. The van der Waals surface area contributed by atoms with Crippen LogP contribution in [0.4, 0.5) is 0 Å². The molecule has 0 saturated carbocycles. The van der Waals surface area contributed by atoms with E-state index in [1.807, 2.05) is 0 Å². The number of nitrogens with one attached hydrogen (secondary N) is 1. The lowest BCUT2D eigenvalue weighted by Crippen LogP contribution is -2.46. The molecule has 0 rings (SSSR count). The first-order valence-electron chi connectivity index (χ1n) is 13.3. The number of aliphatic hydroxyl groups excluding tert-OH is 3. The molecule has 4 N–H and O–H groups in total. The van der Waals surface area contributed by atoms with Crippen molar-refractivity contribution in [3.8, 4) is 0 Å². The van der Waals surface area contributed by atoms with Crippen molar-refractivity contribution in [2.75, 3.05) is 6.61 Å². The molecule has 5 heteroatoms. The summed E-state index contributed by atoms with van der Waals surface area (Å²) in [5, 5.41) is 32.4. The van der Waals surface area contributed by atoms with Crippen LogP contribution in [0.25, 0.3) is 0 Å². The summed E-state index contributed by atoms with van der Waals surface area (Å²) in [6, 6.07) is -0.646. The highest BCUT2D eigenvalue weighted by Gasteiger charge is 2.21. The van der Waals surface area contributed by atoms with Crippen molar-refractivity contribution in [2.45, 2.75) is 154 Å². The van der Waals surface area contributed by atoms with Gasteiger partial charge >= 0.3 is 0 Å². The molecule has 0 aliphatic rings. The smallest absolute Gasteiger partial charge is 0.222 e. The van der Waals surface area contributed by atoms with Crippen molar-refractivity contribution in [3.63, 3.8) is 0 Å². The maximum absolute atomic E-state index is 12.1. The van der Waals surface area contributed by atoms with Crippen LogP contribution >= 0.6 is 0 Å². The first kappa shape index (κ1) is 30.4. The highest BCUT2D eigenvalue weighted by molar-refractivity contribution is 5.76. The van der Waals surface area contributed by atoms with E-state index in [0.717, 1.165) is 32.1 Å². The van der Waals surface area contributed by atoms with Gasteiger partial charge in [-0.2, -0.15) is 0 Å². The molecule has 31 heavy (non-hydrogen) atoms. The van der Waals surface area contributed by atoms with Gasteiger partial charge in [0.2, 0.25) is 5.91 Å². The van der Waals surface area contributed by atoms with E-state index in [4.69, 9.17) is 0 Å². The molecule has 0 heterocycles. The summed E-state index contributed by atoms with van der Waals surface area (Å²) in [5.41, 5.74) is 0. The van der Waals surface area contributed by atoms with Gasteiger partial charge in [0.25, 0.3) is 0 Å². The fraction of sp³-hybridized carbons (Fsp3) is 0.962. The molecule has 5 nitrogen and oxygen atoms in total. The minimum atomic E-state index is -0.737. The molecule has 0 bridgehead atoms. The molecule has 0 spiro atoms. The van der Waals surface area contributed by atoms with Crippen molar-refractivity contribution < 1.29 is 20.1 Å². The largest absolute Gasteiger partial charge is 0.394 e. The van der Waals surface area contributed by atoms with E-state index >= 15 is 0 Å². The first-order valence-corrected chi connectivity index (χ1v) is 13.3. The topological polar surface area (TPSA) is 89.8 Å². The molecular weight excluding hydrogens is 390 g/mol. The average molecular weight is 444 g/mol. The van der Waals surface area contributed by atoms with Crippen molar-refractivity contribution in [3.05, 3.63) is 0 Å². The monoisotopic (exact) mass is 443 g/mol. The lowest BCUT2D eigenvalue weighted by Gasteiger charge is -2.23. The number of hydrogen-bond donors (Lipinski definition) is 4. The molecule has 0 fully saturated rings. The zero-order valence-electron chi connectivity index (χ0n) is 20.6. The molecule has 0 saturated heterocycles. The summed E-state index contributed by atoms with van der Waals surface area (Å²) in [7, 11) is 0. The number of carbonyl (C=O) groups is 1. The van der Waals surface area contributed by atoms with Crippen molar-refractivity contribution in [1.82, 2.24) is 5.32 Å². The zero-order valence-corrected chi connectivity index (χ0v) is 20.6. The molecule has 186 valence electrons. The first-order chi connectivity index (χ1) is 15.0. The Labute approximate surface area is 192 Å². The Morgan fingerprint density at radius 3 is 1.58 bits per heavy atom. The lowest BCUT2D eigenvalue weighted by molar-refractivity contribution is -0.125. The Hall–Kier alpha value is -0.650. The van der Waals surface area contributed by atoms with Crippen LogP contribution in [0.1, 0.15) is 136 Å². The van der Waals surface area contributed by atoms with Crippen LogP contribution in [0.3, 0.4) is 0 Å². The van der Waals surface area contributed by atoms with E-state index in [2.05, 4.69) is 19.2 Å². The van der Waals surface area contributed by atoms with Crippen LogP contribution in [-0.2, 0) is 4.79 Å². The molecule has 0 aromatic heterocycles. The Balaban J connectivity index is 3.68. The second kappa shape index (κ2) is 22.5. The third-order valence-corrected chi connectivity index (χ3v) is 6.17. The van der Waals surface area contributed by atoms with E-state index < -0.39 is 18.2 Å². The number of amides is 1. The molecule has 0 radical (unpaired) electrons. The predicted octanol–water partition coefficient (Wildman–Crippen LogP) is 5.64. The number of aliphatic hydroxyl groups is 3. The van der Waals surface area contributed by atoms with E-state index in [9.17, 15) is 20.1 Å². The van der Waals surface area contributed by atoms with E-state index in [-0.39, 0.29) is 18.9 Å². The normalized spacial score (nSPS) is 14.4. The predicted molar refractivity (Wildman–Crippen MR) is 130 cm³/mol. The maximum atomic E-state index is 12.1. The van der Waals surface area contributed by atoms with Gasteiger partial charge in [0.1, 0.15) is 0 Å². The number of carbonyl (C=O) groups excluding carboxylic acids is 1. The van der Waals surface area contributed by atoms with Crippen LogP contribution in [-0.4, -0.2) is 46.1 Å². The molecule has 0 aromatic rings. The Morgan fingerprint density at radius 2 is 1.10 bits per heavy atom. The Kier molecular flexibility index (Phi) is 22.1. The summed E-state index contributed by atoms with van der Waals surface area (Å²) in [6.07, 6.45) is 19.5. The van der Waals surface area contributed by atoms with E-state index in [0.29, 0.717) is 12.8 Å². The Bertz CT molecular complexity index is 392. The average Bonchev–Trinajstić information content (AvgIpc) is 2.75. The van der Waals surface area contributed by atoms with Crippen LogP contribution in [0.15, 0.2) is 0 Å². The summed E-state index contributed by atoms with van der Waals surface area (Å²) in [4.78, 5) is 12.1. The standard InChI is InChI=1S/C26H53NO4/c1-3-5-7-8-9-10-11-12-13-14-15-16-18-20-25(30)24(22-28)27-26(31)21-23(29)19-17-6-4-2/h23-25,28-30H,3-22H2,1-2H3,(H,27,31). The third kappa shape index (κ3) is 19.7. The van der Waals surface area contributed by atoms with Gasteiger partial charge in [0, 0.05) is 0 Å². The highest BCUT2D eigenvalue weighted by atomic mass is 16.3. The molecule has 3 atom stereocenters. The van der Waals surface area contributed by atoms with Gasteiger partial charge in [-0.05, 0) is 12.8 Å². The van der Waals surface area contributed by atoms with Gasteiger partial charge in [-0.15, -0.1) is 0 Å². The molecular formula is C26H53NO4. The van der Waals surface area contributed by atoms with Gasteiger partial charge in [-0.25, -0.2) is 0 Å². The number of rotatable bonds is 23. The van der Waals surface area contributed by atoms with E-state index in [1.165, 1.54) is 70.6 Å². The fourth-order valence-corrected chi connectivity index (χ4v) is 4.05. The minimum absolute atomic E-state index is 0.0334. The van der Waals surface area contributed by atoms with Gasteiger partial charge in [-0.3, -0.25) is 4.79 Å². The van der Waals surface area contributed by atoms with Crippen molar-refractivity contribution in [1.29, 1.82) is 0 Å². The fourth-order valence-electron chi connectivity index (χ4n) is 4.05. The summed E-state index contributed by atoms with van der Waals surface area (Å²) in [5.74, 6) is -0.299. The van der Waals surface area contributed by atoms with E-state index in [1.54, 1.807) is 0 Å². The molecule has 0 aliphatic carbocycles. The van der Waals surface area contributed by atoms with Crippen LogP contribution in [0, 0.1) is 0 Å². The van der Waals surface area contributed by atoms with Crippen LogP contribution in [0.5, 0.6) is 0 Å². The van der Waals surface area contributed by atoms with Gasteiger partial charge < -0.3 is 20.6 Å². The molecule has 3 unspecified atom stereocenters. The SMILES string of the molecule is CCCCCCCCCCCCCCCC(O)C(CO)NC(=O)CC(O)CCCCC. The summed E-state index contributed by atoms with van der Waals surface area (Å²) >= 11 is 0. The summed E-state index contributed by atoms with van der Waals surface area (Å²) in [6.45, 7) is 4.08. The molecule has 1 amide bonds. The molecule has 0 aromatic carbocycles. The second-order valence-corrected chi connectivity index (χ2v) is 9.31. The zero-order chi connectivity index (χ0) is 23.2. The number of unbranched alkanes of at least 4 members (excludes halogenated alkanes) is 14. The quantitative estimate of drug-likeness (QED) is 0.154. The number of hydrogen-bond acceptors (Lipinski definition) is 4. The summed E-state index contributed by atoms with van der Waals surface area (Å²) < 4.78 is 0. The Morgan fingerprint density at radius 1 is 0.677 bits per heavy atom. The van der Waals surface area contributed by atoms with Crippen molar-refractivity contribution >= 4 is 5.91 Å². The van der Waals surface area contributed by atoms with Gasteiger partial charge in [0.15, 0.2) is 0 Å². The van der Waals surface area contributed by atoms with Crippen LogP contribution < -0.4 is 5.32 Å². The highest BCUT2D eigenvalue weighted by Crippen LogP contribution is 2.14. The molecule has 0 aliphatic heterocycles. The maximum Gasteiger partial charge on any atom is 0.222 e. The second-order valence-electron chi connectivity index (χ2n) is 9.31. The van der Waals surface area contributed by atoms with Crippen molar-refractivity contribution in [2.24, 2.45) is 0 Å². The van der Waals surface area contributed by atoms with Crippen LogP contribution in [0.2, 0.25) is 0 Å². The lowest BCUT2D eigenvalue weighted by atomic mass is 10.0. The third-order valence-electron chi connectivity index (χ3n) is 6.17. The van der Waals surface area contributed by atoms with Gasteiger partial charge in [-0.1, -0.05) is 117 Å².